The average Bonchev–Trinajstić information content (AvgIpc) is 2.95. The molecule has 3 fully saturated rings. The minimum absolute atomic E-state index is 0.0373. The van der Waals surface area contributed by atoms with Crippen molar-refractivity contribution in [3.8, 4) is 0 Å². The Morgan fingerprint density at radius 3 is 2.28 bits per heavy atom. The topological polar surface area (TPSA) is 166 Å². The van der Waals surface area contributed by atoms with Gasteiger partial charge < -0.3 is 34.3 Å². The molecule has 1 heterocycles. The van der Waals surface area contributed by atoms with Gasteiger partial charge >= 0.3 is 17.9 Å². The molecule has 0 spiro atoms. The van der Waals surface area contributed by atoms with Gasteiger partial charge in [-0.3, -0.25) is 14.4 Å². The number of hydrogen-bond donors (Lipinski definition) is 3. The molecule has 9 atom stereocenters. The van der Waals surface area contributed by atoms with Crippen LogP contribution in [0.3, 0.4) is 0 Å². The first-order valence-electron chi connectivity index (χ1n) is 14.5. The van der Waals surface area contributed by atoms with E-state index in [-0.39, 0.29) is 37.0 Å². The molecule has 3 N–H and O–H groups in total. The zero-order valence-corrected chi connectivity index (χ0v) is 25.3. The van der Waals surface area contributed by atoms with Gasteiger partial charge in [-0.05, 0) is 37.1 Å². The summed E-state index contributed by atoms with van der Waals surface area (Å²) in [4.78, 5) is 54.0. The highest BCUT2D eigenvalue weighted by Gasteiger charge is 2.76. The zero-order valence-electron chi connectivity index (χ0n) is 25.3. The van der Waals surface area contributed by atoms with Crippen LogP contribution in [-0.2, 0) is 33.3 Å². The van der Waals surface area contributed by atoms with Crippen LogP contribution in [0.2, 0.25) is 0 Å². The second kappa shape index (κ2) is 10.5. The molecule has 4 aliphatic rings. The van der Waals surface area contributed by atoms with Crippen LogP contribution in [-0.4, -0.2) is 88.8 Å². The summed E-state index contributed by atoms with van der Waals surface area (Å²) >= 11 is 0. The van der Waals surface area contributed by atoms with Crippen molar-refractivity contribution in [1.29, 1.82) is 0 Å². The molecule has 1 saturated heterocycles. The van der Waals surface area contributed by atoms with Crippen LogP contribution in [0.4, 0.5) is 0 Å². The lowest BCUT2D eigenvalue weighted by Gasteiger charge is -2.68. The molecule has 1 aromatic carbocycles. The lowest BCUT2D eigenvalue weighted by atomic mass is 9.41. The van der Waals surface area contributed by atoms with Crippen molar-refractivity contribution in [3.05, 3.63) is 47.0 Å². The highest BCUT2D eigenvalue weighted by molar-refractivity contribution is 5.95. The summed E-state index contributed by atoms with van der Waals surface area (Å²) in [5.74, 6) is -4.10. The summed E-state index contributed by atoms with van der Waals surface area (Å²) < 4.78 is 22.8. The zero-order chi connectivity index (χ0) is 31.7. The van der Waals surface area contributed by atoms with Crippen LogP contribution < -0.4 is 0 Å². The van der Waals surface area contributed by atoms with Crippen LogP contribution in [0, 0.1) is 22.2 Å². The van der Waals surface area contributed by atoms with Gasteiger partial charge in [0.2, 0.25) is 0 Å². The summed E-state index contributed by atoms with van der Waals surface area (Å²) in [6.45, 7) is 7.50. The van der Waals surface area contributed by atoms with Crippen molar-refractivity contribution in [1.82, 2.24) is 0 Å². The lowest BCUT2D eigenvalue weighted by Crippen LogP contribution is -2.78. The Balaban J connectivity index is 1.84. The molecule has 3 aliphatic carbocycles. The highest BCUT2D eigenvalue weighted by atomic mass is 16.6. The Kier molecular flexibility index (Phi) is 7.65. The van der Waals surface area contributed by atoms with Crippen LogP contribution in [0.15, 0.2) is 41.5 Å². The molecule has 0 aromatic heterocycles. The third kappa shape index (κ3) is 4.38. The molecule has 2 saturated carbocycles. The molecule has 0 amide bonds. The summed E-state index contributed by atoms with van der Waals surface area (Å²) in [5, 5.41) is 36.0. The molecule has 5 rings (SSSR count). The van der Waals surface area contributed by atoms with Crippen molar-refractivity contribution in [2.45, 2.75) is 90.0 Å². The number of carbonyl (C=O) groups excluding carboxylic acids is 4. The van der Waals surface area contributed by atoms with E-state index in [2.05, 4.69) is 0 Å². The fourth-order valence-corrected chi connectivity index (χ4v) is 8.31. The van der Waals surface area contributed by atoms with Gasteiger partial charge in [-0.1, -0.05) is 32.0 Å². The quantitative estimate of drug-likeness (QED) is 0.257. The molecule has 11 nitrogen and oxygen atoms in total. The van der Waals surface area contributed by atoms with Gasteiger partial charge in [0, 0.05) is 36.5 Å². The first-order chi connectivity index (χ1) is 20.1. The maximum Gasteiger partial charge on any atom is 0.338 e. The molecule has 43 heavy (non-hydrogen) atoms. The van der Waals surface area contributed by atoms with Gasteiger partial charge in [-0.2, -0.15) is 0 Å². The van der Waals surface area contributed by atoms with E-state index >= 15 is 0 Å². The number of ketones is 1. The van der Waals surface area contributed by atoms with E-state index in [1.165, 1.54) is 14.0 Å². The second-order valence-electron chi connectivity index (χ2n) is 13.2. The van der Waals surface area contributed by atoms with Crippen LogP contribution in [0.1, 0.15) is 64.2 Å². The fraction of sp³-hybridized carbons (Fsp3) is 0.625. The first-order valence-corrected chi connectivity index (χ1v) is 14.5. The Morgan fingerprint density at radius 2 is 1.72 bits per heavy atom. The van der Waals surface area contributed by atoms with Gasteiger partial charge in [0.25, 0.3) is 0 Å². The van der Waals surface area contributed by atoms with Gasteiger partial charge in [0.1, 0.15) is 11.7 Å². The molecule has 0 radical (unpaired) electrons. The maximum absolute atomic E-state index is 14.9. The molecule has 1 aromatic rings. The highest BCUT2D eigenvalue weighted by Crippen LogP contribution is 2.67. The van der Waals surface area contributed by atoms with Crippen LogP contribution >= 0.6 is 0 Å². The van der Waals surface area contributed by atoms with Gasteiger partial charge in [-0.25, -0.2) is 4.79 Å². The molecule has 1 aliphatic heterocycles. The minimum Gasteiger partial charge on any atom is -0.469 e. The minimum atomic E-state index is -2.07. The number of esters is 3. The summed E-state index contributed by atoms with van der Waals surface area (Å²) in [5.41, 5.74) is -5.82. The predicted molar refractivity (Wildman–Crippen MR) is 149 cm³/mol. The van der Waals surface area contributed by atoms with Crippen molar-refractivity contribution in [2.75, 3.05) is 13.7 Å². The smallest absolute Gasteiger partial charge is 0.338 e. The van der Waals surface area contributed by atoms with E-state index in [0.717, 1.165) is 6.92 Å². The number of benzene rings is 1. The Labute approximate surface area is 250 Å². The number of Topliss-reactive ketones (excluding diaryl/α,β-unsaturated/α-hetero) is 1. The number of rotatable bonds is 5. The third-order valence-electron chi connectivity index (χ3n) is 10.8. The van der Waals surface area contributed by atoms with Crippen molar-refractivity contribution >= 4 is 23.7 Å². The number of aliphatic hydroxyl groups excluding tert-OH is 2. The number of ether oxygens (including phenoxy) is 4. The number of aliphatic hydroxyl groups is 3. The molecule has 234 valence electrons. The second-order valence-corrected chi connectivity index (χ2v) is 13.2. The number of hydrogen-bond acceptors (Lipinski definition) is 11. The Hall–Kier alpha value is -3.12. The number of carbonyl (C=O) groups is 4. The molecular formula is C32H40O11. The van der Waals surface area contributed by atoms with E-state index in [9.17, 15) is 34.5 Å². The van der Waals surface area contributed by atoms with E-state index < -0.39 is 82.0 Å². The number of methoxy groups -OCH3 is 1. The predicted octanol–water partition coefficient (Wildman–Crippen LogP) is 1.90. The summed E-state index contributed by atoms with van der Waals surface area (Å²) in [7, 11) is 1.23. The molecule has 2 bridgehead atoms. The monoisotopic (exact) mass is 600 g/mol. The third-order valence-corrected chi connectivity index (χ3v) is 10.8. The fourth-order valence-electron chi connectivity index (χ4n) is 8.31. The van der Waals surface area contributed by atoms with E-state index in [1.54, 1.807) is 51.1 Å². The number of fused-ring (bicyclic) bond motifs is 5. The Morgan fingerprint density at radius 1 is 1.07 bits per heavy atom. The van der Waals surface area contributed by atoms with E-state index in [4.69, 9.17) is 18.9 Å². The van der Waals surface area contributed by atoms with Gasteiger partial charge in [0.05, 0.1) is 49.4 Å². The van der Waals surface area contributed by atoms with E-state index in [0.29, 0.717) is 5.57 Å². The Bertz CT molecular complexity index is 1370. The van der Waals surface area contributed by atoms with Gasteiger partial charge in [0.15, 0.2) is 11.9 Å². The van der Waals surface area contributed by atoms with Crippen LogP contribution in [0.25, 0.3) is 0 Å². The normalized spacial score (nSPS) is 39.7. The van der Waals surface area contributed by atoms with Gasteiger partial charge in [-0.15, -0.1) is 0 Å². The largest absolute Gasteiger partial charge is 0.469 e. The molecule has 11 heteroatoms. The SMILES string of the molecule is COC(=O)C[C@@]12CO[C@@H]1C[C@H](O)[C@@]1(C)C(=O)[C@H](OC(C)=O)C3=C(C)C(O)C[C@@](O)([C@@H](OC(=O)c4ccccc4)C21)C3(C)C. The molecule has 2 unspecified atom stereocenters. The van der Waals surface area contributed by atoms with Crippen molar-refractivity contribution in [3.63, 3.8) is 0 Å². The molecular weight excluding hydrogens is 560 g/mol. The van der Waals surface area contributed by atoms with Crippen molar-refractivity contribution in [2.24, 2.45) is 22.2 Å². The standard InChI is InChI=1S/C32H40O11/c1-16-19(34)13-32(39)27(43-28(38)18-10-8-7-9-11-18)25-30(5,26(37)24(42-17(2)33)23(16)29(32,3)4)20(35)12-21-31(25,15-41-21)14-22(36)40-6/h7-11,19-21,24-25,27,34-35,39H,12-15H2,1-6H3/t19?,20-,21+,24+,25?,27-,30+,31+,32+/m0/s1. The van der Waals surface area contributed by atoms with Crippen LogP contribution in [0.5, 0.6) is 0 Å². The summed E-state index contributed by atoms with van der Waals surface area (Å²) in [6.07, 6.45) is -7.13. The maximum atomic E-state index is 14.9. The average molecular weight is 601 g/mol. The van der Waals surface area contributed by atoms with E-state index in [1.807, 2.05) is 0 Å². The lowest BCUT2D eigenvalue weighted by molar-refractivity contribution is -0.320. The summed E-state index contributed by atoms with van der Waals surface area (Å²) in [6, 6.07) is 8.12. The first kappa shape index (κ1) is 31.3. The van der Waals surface area contributed by atoms with Crippen molar-refractivity contribution < 1.29 is 53.4 Å².